The van der Waals surface area contributed by atoms with Gasteiger partial charge in [0.2, 0.25) is 10.0 Å². The highest BCUT2D eigenvalue weighted by Gasteiger charge is 2.35. The molecule has 4 rings (SSSR count). The molecule has 172 valence electrons. The van der Waals surface area contributed by atoms with Crippen LogP contribution in [0.1, 0.15) is 29.8 Å². The Morgan fingerprint density at radius 1 is 0.969 bits per heavy atom. The molecule has 0 unspecified atom stereocenters. The van der Waals surface area contributed by atoms with E-state index in [9.17, 15) is 13.2 Å². The Morgan fingerprint density at radius 2 is 1.69 bits per heavy atom. The van der Waals surface area contributed by atoms with Gasteiger partial charge in [-0.05, 0) is 37.6 Å². The third kappa shape index (κ3) is 4.88. The van der Waals surface area contributed by atoms with Gasteiger partial charge in [-0.2, -0.15) is 4.31 Å². The van der Waals surface area contributed by atoms with Crippen molar-refractivity contribution in [1.29, 1.82) is 0 Å². The first-order valence-electron chi connectivity index (χ1n) is 11.0. The first-order valence-corrected chi connectivity index (χ1v) is 12.5. The van der Waals surface area contributed by atoms with Gasteiger partial charge in [0, 0.05) is 44.8 Å². The van der Waals surface area contributed by atoms with Crippen molar-refractivity contribution in [1.82, 2.24) is 14.1 Å². The molecule has 7 nitrogen and oxygen atoms in total. The molecule has 0 N–H and O–H groups in total. The zero-order chi connectivity index (χ0) is 22.8. The maximum absolute atomic E-state index is 13.3. The highest BCUT2D eigenvalue weighted by molar-refractivity contribution is 7.89. The van der Waals surface area contributed by atoms with Gasteiger partial charge in [0.1, 0.15) is 0 Å². The average molecular weight is 458 g/mol. The van der Waals surface area contributed by atoms with Gasteiger partial charge in [0.15, 0.2) is 0 Å². The topological polar surface area (TPSA) is 70.2 Å². The minimum Gasteiger partial charge on any atom is -0.377 e. The summed E-state index contributed by atoms with van der Waals surface area (Å²) in [6.45, 7) is 8.39. The summed E-state index contributed by atoms with van der Waals surface area (Å²) in [5, 5.41) is 0. The van der Waals surface area contributed by atoms with Crippen LogP contribution < -0.4 is 0 Å². The number of piperazine rings is 1. The lowest BCUT2D eigenvalue weighted by Gasteiger charge is -2.42. The third-order valence-corrected chi connectivity index (χ3v) is 8.08. The van der Waals surface area contributed by atoms with Crippen molar-refractivity contribution >= 4 is 15.9 Å². The van der Waals surface area contributed by atoms with Crippen LogP contribution >= 0.6 is 0 Å². The van der Waals surface area contributed by atoms with Crippen molar-refractivity contribution in [2.75, 3.05) is 45.9 Å². The number of carbonyl (C=O) groups excluding carboxylic acids is 1. The van der Waals surface area contributed by atoms with Crippen LogP contribution in [0.3, 0.4) is 0 Å². The van der Waals surface area contributed by atoms with E-state index in [-0.39, 0.29) is 10.8 Å². The fourth-order valence-corrected chi connectivity index (χ4v) is 5.77. The van der Waals surface area contributed by atoms with Gasteiger partial charge >= 0.3 is 0 Å². The predicted octanol–water partition coefficient (Wildman–Crippen LogP) is 2.44. The largest absolute Gasteiger partial charge is 0.377 e. The summed E-state index contributed by atoms with van der Waals surface area (Å²) in [5.74, 6) is -0.164. The van der Waals surface area contributed by atoms with Crippen LogP contribution in [0.15, 0.2) is 59.5 Å². The monoisotopic (exact) mass is 457 g/mol. The number of ether oxygens (including phenoxy) is 1. The Hall–Kier alpha value is -2.26. The lowest BCUT2D eigenvalue weighted by molar-refractivity contribution is -0.0370. The van der Waals surface area contributed by atoms with E-state index in [2.05, 4.69) is 17.0 Å². The molecule has 8 heteroatoms. The smallest absolute Gasteiger partial charge is 0.254 e. The number of rotatable bonds is 5. The molecule has 2 saturated heterocycles. The van der Waals surface area contributed by atoms with E-state index in [0.29, 0.717) is 51.5 Å². The molecule has 2 aliphatic heterocycles. The molecule has 1 amide bonds. The number of hydrogen-bond acceptors (Lipinski definition) is 5. The number of sulfonamides is 1. The van der Waals surface area contributed by atoms with Crippen LogP contribution in [0.25, 0.3) is 0 Å². The van der Waals surface area contributed by atoms with Gasteiger partial charge in [0.05, 0.1) is 23.6 Å². The second kappa shape index (κ2) is 9.31. The molecule has 2 aromatic carbocycles. The van der Waals surface area contributed by atoms with Crippen LogP contribution in [0, 0.1) is 0 Å². The van der Waals surface area contributed by atoms with Gasteiger partial charge < -0.3 is 9.64 Å². The number of amides is 1. The highest BCUT2D eigenvalue weighted by atomic mass is 32.2. The molecular formula is C24H31N3O4S. The van der Waals surface area contributed by atoms with Crippen molar-refractivity contribution in [3.05, 3.63) is 65.7 Å². The summed E-state index contributed by atoms with van der Waals surface area (Å²) >= 11 is 0. The molecule has 32 heavy (non-hydrogen) atoms. The summed E-state index contributed by atoms with van der Waals surface area (Å²) < 4.78 is 33.6. The number of hydrogen-bond donors (Lipinski definition) is 0. The molecule has 2 aromatic rings. The zero-order valence-electron chi connectivity index (χ0n) is 18.7. The molecule has 0 radical (unpaired) electrons. The van der Waals surface area contributed by atoms with Gasteiger partial charge in [-0.1, -0.05) is 36.4 Å². The minimum atomic E-state index is -3.66. The molecular weight excluding hydrogens is 426 g/mol. The van der Waals surface area contributed by atoms with Gasteiger partial charge in [-0.3, -0.25) is 9.69 Å². The lowest BCUT2D eigenvalue weighted by Crippen LogP contribution is -2.55. The molecule has 0 spiro atoms. The van der Waals surface area contributed by atoms with Gasteiger partial charge in [-0.15, -0.1) is 0 Å². The molecule has 0 saturated carbocycles. The second-order valence-corrected chi connectivity index (χ2v) is 11.0. The van der Waals surface area contributed by atoms with Crippen molar-refractivity contribution in [2.24, 2.45) is 0 Å². The van der Waals surface area contributed by atoms with E-state index in [4.69, 9.17) is 4.74 Å². The van der Waals surface area contributed by atoms with E-state index in [1.807, 2.05) is 32.0 Å². The molecule has 0 bridgehead atoms. The standard InChI is InChI=1S/C24H31N3O4S/c1-24(2)19-31-16-15-27(24)23(28)21-9-6-10-22(17-21)32(29,30)26-13-11-25(12-14-26)18-20-7-4-3-5-8-20/h3-10,17H,11-16,18-19H2,1-2H3. The fraction of sp³-hybridized carbons (Fsp3) is 0.458. The van der Waals surface area contributed by atoms with Crippen LogP contribution in [0.2, 0.25) is 0 Å². The van der Waals surface area contributed by atoms with Crippen molar-refractivity contribution in [3.8, 4) is 0 Å². The first-order chi connectivity index (χ1) is 15.3. The normalized spacial score (nSPS) is 20.2. The Labute approximate surface area is 190 Å². The average Bonchev–Trinajstić information content (AvgIpc) is 2.79. The Bertz CT molecular complexity index is 1050. The summed E-state index contributed by atoms with van der Waals surface area (Å²) in [5.41, 5.74) is 1.18. The summed E-state index contributed by atoms with van der Waals surface area (Å²) in [4.78, 5) is 17.3. The predicted molar refractivity (Wildman–Crippen MR) is 123 cm³/mol. The van der Waals surface area contributed by atoms with Crippen LogP contribution in [0.5, 0.6) is 0 Å². The molecule has 2 heterocycles. The zero-order valence-corrected chi connectivity index (χ0v) is 19.6. The van der Waals surface area contributed by atoms with Crippen molar-refractivity contribution < 1.29 is 17.9 Å². The summed E-state index contributed by atoms with van der Waals surface area (Å²) in [7, 11) is -3.66. The first kappa shape index (κ1) is 22.9. The second-order valence-electron chi connectivity index (χ2n) is 9.02. The van der Waals surface area contributed by atoms with E-state index in [0.717, 1.165) is 6.54 Å². The number of nitrogens with zero attached hydrogens (tertiary/aromatic N) is 3. The maximum atomic E-state index is 13.3. The van der Waals surface area contributed by atoms with Crippen LogP contribution in [-0.2, 0) is 21.3 Å². The molecule has 0 aliphatic carbocycles. The van der Waals surface area contributed by atoms with E-state index in [1.165, 1.54) is 15.9 Å². The number of carbonyl (C=O) groups is 1. The van der Waals surface area contributed by atoms with Gasteiger partial charge in [0.25, 0.3) is 5.91 Å². The molecule has 0 atom stereocenters. The van der Waals surface area contributed by atoms with Gasteiger partial charge in [-0.25, -0.2) is 8.42 Å². The molecule has 2 aliphatic rings. The van der Waals surface area contributed by atoms with E-state index < -0.39 is 15.6 Å². The SMILES string of the molecule is CC1(C)COCCN1C(=O)c1cccc(S(=O)(=O)N2CCN(Cc3ccccc3)CC2)c1. The lowest BCUT2D eigenvalue weighted by atomic mass is 10.0. The van der Waals surface area contributed by atoms with Crippen LogP contribution in [0.4, 0.5) is 0 Å². The van der Waals surface area contributed by atoms with Crippen molar-refractivity contribution in [3.63, 3.8) is 0 Å². The molecule has 2 fully saturated rings. The van der Waals surface area contributed by atoms with E-state index >= 15 is 0 Å². The number of benzene rings is 2. The van der Waals surface area contributed by atoms with E-state index in [1.54, 1.807) is 23.1 Å². The maximum Gasteiger partial charge on any atom is 0.254 e. The van der Waals surface area contributed by atoms with Crippen LogP contribution in [-0.4, -0.2) is 79.9 Å². The number of morpholine rings is 1. The fourth-order valence-electron chi connectivity index (χ4n) is 4.30. The third-order valence-electron chi connectivity index (χ3n) is 6.19. The Morgan fingerprint density at radius 3 is 2.38 bits per heavy atom. The Kier molecular flexibility index (Phi) is 6.67. The quantitative estimate of drug-likeness (QED) is 0.690. The van der Waals surface area contributed by atoms with Crippen molar-refractivity contribution in [2.45, 2.75) is 30.8 Å². The minimum absolute atomic E-state index is 0.164. The Balaban J connectivity index is 1.45. The highest BCUT2D eigenvalue weighted by Crippen LogP contribution is 2.24. The summed E-state index contributed by atoms with van der Waals surface area (Å²) in [6.07, 6.45) is 0. The summed E-state index contributed by atoms with van der Waals surface area (Å²) in [6, 6.07) is 16.6. The molecule has 0 aromatic heterocycles.